The number of rotatable bonds is 6. The Balaban J connectivity index is 1.39. The molecule has 5 nitrogen and oxygen atoms in total. The Morgan fingerprint density at radius 3 is 2.46 bits per heavy atom. The van der Waals surface area contributed by atoms with Gasteiger partial charge in [-0.1, -0.05) is 54.6 Å². The number of esters is 1. The lowest BCUT2D eigenvalue weighted by atomic mass is 10.1. The summed E-state index contributed by atoms with van der Waals surface area (Å²) in [6.45, 7) is 3.89. The van der Waals surface area contributed by atoms with Gasteiger partial charge in [-0.3, -0.25) is 4.79 Å². The fraction of sp³-hybridized carbons (Fsp3) is 0.107. The van der Waals surface area contributed by atoms with Crippen molar-refractivity contribution in [1.29, 1.82) is 0 Å². The van der Waals surface area contributed by atoms with E-state index in [0.29, 0.717) is 16.1 Å². The molecule has 3 aromatic carbocycles. The molecular formula is C28H22N2O3S2. The van der Waals surface area contributed by atoms with Gasteiger partial charge >= 0.3 is 5.97 Å². The number of amides is 1. The van der Waals surface area contributed by atoms with E-state index in [0.717, 1.165) is 31.2 Å². The average Bonchev–Trinajstić information content (AvgIpc) is 3.52. The van der Waals surface area contributed by atoms with Crippen molar-refractivity contribution in [3.8, 4) is 9.88 Å². The van der Waals surface area contributed by atoms with Gasteiger partial charge in [-0.2, -0.15) is 0 Å². The van der Waals surface area contributed by atoms with Crippen molar-refractivity contribution in [1.82, 2.24) is 4.98 Å². The molecule has 0 radical (unpaired) electrons. The lowest BCUT2D eigenvalue weighted by Gasteiger charge is -2.18. The van der Waals surface area contributed by atoms with Crippen molar-refractivity contribution >= 4 is 50.5 Å². The maximum Gasteiger partial charge on any atom is 0.349 e. The van der Waals surface area contributed by atoms with Crippen LogP contribution in [0.4, 0.5) is 5.69 Å². The zero-order valence-electron chi connectivity index (χ0n) is 19.1. The molecule has 5 aromatic rings. The number of hydrogen-bond acceptors (Lipinski definition) is 6. The third-order valence-electron chi connectivity index (χ3n) is 5.53. The number of nitrogens with one attached hydrogen (secondary N) is 1. The SMILES string of the molecule is Cc1ccc(C)c(NC(=O)[C@H](OC(=O)c2ccc(-c3nc4ccccc4s3)s2)c2ccccc2)c1. The number of thiazole rings is 1. The van der Waals surface area contributed by atoms with Gasteiger partial charge in [0.2, 0.25) is 6.10 Å². The van der Waals surface area contributed by atoms with Crippen LogP contribution in [0, 0.1) is 13.8 Å². The number of ether oxygens (including phenoxy) is 1. The molecule has 0 aliphatic rings. The van der Waals surface area contributed by atoms with Crippen molar-refractivity contribution in [3.63, 3.8) is 0 Å². The van der Waals surface area contributed by atoms with Gasteiger partial charge in [-0.25, -0.2) is 9.78 Å². The second-order valence-corrected chi connectivity index (χ2v) is 10.3. The normalized spacial score (nSPS) is 11.8. The topological polar surface area (TPSA) is 68.3 Å². The molecule has 0 unspecified atom stereocenters. The summed E-state index contributed by atoms with van der Waals surface area (Å²) in [4.78, 5) is 32.4. The van der Waals surface area contributed by atoms with Crippen molar-refractivity contribution in [3.05, 3.63) is 106 Å². The number of aryl methyl sites for hydroxylation is 2. The molecule has 0 spiro atoms. The predicted octanol–water partition coefficient (Wildman–Crippen LogP) is 7.18. The molecule has 1 amide bonds. The van der Waals surface area contributed by atoms with Crippen LogP contribution >= 0.6 is 22.7 Å². The summed E-state index contributed by atoms with van der Waals surface area (Å²) in [5, 5.41) is 3.78. The maximum atomic E-state index is 13.3. The van der Waals surface area contributed by atoms with E-state index < -0.39 is 18.0 Å². The minimum atomic E-state index is -1.09. The van der Waals surface area contributed by atoms with E-state index >= 15 is 0 Å². The van der Waals surface area contributed by atoms with Crippen LogP contribution in [0.25, 0.3) is 20.1 Å². The third-order valence-corrected chi connectivity index (χ3v) is 7.80. The van der Waals surface area contributed by atoms with E-state index in [4.69, 9.17) is 4.74 Å². The number of carbonyl (C=O) groups is 2. The van der Waals surface area contributed by atoms with Gasteiger partial charge in [0, 0.05) is 11.3 Å². The molecule has 5 rings (SSSR count). The summed E-state index contributed by atoms with van der Waals surface area (Å²) in [5.74, 6) is -0.950. The molecule has 174 valence electrons. The minimum absolute atomic E-state index is 0.402. The second-order valence-electron chi connectivity index (χ2n) is 8.15. The van der Waals surface area contributed by atoms with E-state index in [1.165, 1.54) is 11.3 Å². The lowest BCUT2D eigenvalue weighted by Crippen LogP contribution is -2.26. The van der Waals surface area contributed by atoms with Gasteiger partial charge < -0.3 is 10.1 Å². The van der Waals surface area contributed by atoms with Gasteiger partial charge in [0.1, 0.15) is 9.88 Å². The highest BCUT2D eigenvalue weighted by Crippen LogP contribution is 2.35. The molecule has 2 heterocycles. The van der Waals surface area contributed by atoms with Gasteiger partial charge in [0.15, 0.2) is 0 Å². The summed E-state index contributed by atoms with van der Waals surface area (Å²) in [6.07, 6.45) is -1.09. The largest absolute Gasteiger partial charge is 0.443 e. The minimum Gasteiger partial charge on any atom is -0.443 e. The molecule has 0 aliphatic carbocycles. The number of para-hydroxylation sites is 1. The zero-order chi connectivity index (χ0) is 24.4. The van der Waals surface area contributed by atoms with Crippen LogP contribution in [0.2, 0.25) is 0 Å². The van der Waals surface area contributed by atoms with Crippen LogP contribution in [-0.4, -0.2) is 16.9 Å². The van der Waals surface area contributed by atoms with Gasteiger partial charge in [-0.05, 0) is 55.3 Å². The number of carbonyl (C=O) groups excluding carboxylic acids is 2. The average molecular weight is 499 g/mol. The highest BCUT2D eigenvalue weighted by atomic mass is 32.1. The zero-order valence-corrected chi connectivity index (χ0v) is 20.8. The van der Waals surface area contributed by atoms with Crippen molar-refractivity contribution in [2.45, 2.75) is 20.0 Å². The number of thiophene rings is 1. The molecule has 0 bridgehead atoms. The standard InChI is InChI=1S/C28H22N2O3S2/c1-17-12-13-18(2)21(16-17)29-26(31)25(19-8-4-3-5-9-19)33-28(32)24-15-14-23(34-24)27-30-20-10-6-7-11-22(20)35-27/h3-16,25H,1-2H3,(H,29,31)/t25-/m1/s1. The fourth-order valence-corrected chi connectivity index (χ4v) is 5.58. The highest BCUT2D eigenvalue weighted by molar-refractivity contribution is 7.26. The van der Waals surface area contributed by atoms with Crippen molar-refractivity contribution in [2.24, 2.45) is 0 Å². The number of anilines is 1. The van der Waals surface area contributed by atoms with Crippen LogP contribution in [0.1, 0.15) is 32.5 Å². The Hall–Kier alpha value is -3.81. The quantitative estimate of drug-likeness (QED) is 0.252. The van der Waals surface area contributed by atoms with E-state index in [2.05, 4.69) is 10.3 Å². The first kappa shape index (κ1) is 23.0. The Labute approximate surface area is 211 Å². The highest BCUT2D eigenvalue weighted by Gasteiger charge is 2.27. The molecule has 0 aliphatic heterocycles. The summed E-state index contributed by atoms with van der Waals surface area (Å²) in [6, 6.07) is 26.4. The lowest BCUT2D eigenvalue weighted by molar-refractivity contribution is -0.125. The first-order valence-corrected chi connectivity index (χ1v) is 12.7. The Morgan fingerprint density at radius 1 is 0.886 bits per heavy atom. The molecule has 1 atom stereocenters. The maximum absolute atomic E-state index is 13.3. The Bertz CT molecular complexity index is 1490. The van der Waals surface area contributed by atoms with E-state index in [1.54, 1.807) is 29.5 Å². The number of nitrogens with zero attached hydrogens (tertiary/aromatic N) is 1. The predicted molar refractivity (Wildman–Crippen MR) is 142 cm³/mol. The summed E-state index contributed by atoms with van der Waals surface area (Å²) < 4.78 is 6.87. The smallest absolute Gasteiger partial charge is 0.349 e. The molecule has 2 aromatic heterocycles. The van der Waals surface area contributed by atoms with Gasteiger partial charge in [0.25, 0.3) is 5.91 Å². The number of benzene rings is 3. The summed E-state index contributed by atoms with van der Waals surface area (Å²) >= 11 is 2.89. The van der Waals surface area contributed by atoms with Crippen LogP contribution in [0.15, 0.2) is 84.9 Å². The molecule has 0 saturated carbocycles. The van der Waals surface area contributed by atoms with E-state index in [9.17, 15) is 9.59 Å². The number of aromatic nitrogens is 1. The Kier molecular flexibility index (Phi) is 6.44. The Morgan fingerprint density at radius 2 is 1.66 bits per heavy atom. The summed E-state index contributed by atoms with van der Waals surface area (Å²) in [5.41, 5.74) is 4.19. The fourth-order valence-electron chi connectivity index (χ4n) is 3.67. The molecule has 1 N–H and O–H groups in total. The number of fused-ring (bicyclic) bond motifs is 1. The van der Waals surface area contributed by atoms with Crippen molar-refractivity contribution < 1.29 is 14.3 Å². The van der Waals surface area contributed by atoms with Crippen LogP contribution < -0.4 is 5.32 Å². The van der Waals surface area contributed by atoms with Crippen molar-refractivity contribution in [2.75, 3.05) is 5.32 Å². The summed E-state index contributed by atoms with van der Waals surface area (Å²) in [7, 11) is 0. The third kappa shape index (κ3) is 5.01. The monoisotopic (exact) mass is 498 g/mol. The molecule has 0 fully saturated rings. The molecular weight excluding hydrogens is 476 g/mol. The molecule has 7 heteroatoms. The van der Waals surface area contributed by atoms with Crippen LogP contribution in [0.5, 0.6) is 0 Å². The number of hydrogen-bond donors (Lipinski definition) is 1. The van der Waals surface area contributed by atoms with Crippen LogP contribution in [0.3, 0.4) is 0 Å². The first-order valence-electron chi connectivity index (χ1n) is 11.1. The van der Waals surface area contributed by atoms with Crippen LogP contribution in [-0.2, 0) is 9.53 Å². The van der Waals surface area contributed by atoms with E-state index in [-0.39, 0.29) is 0 Å². The van der Waals surface area contributed by atoms with Gasteiger partial charge in [0.05, 0.1) is 15.1 Å². The second kappa shape index (κ2) is 9.82. The molecule has 0 saturated heterocycles. The molecule has 35 heavy (non-hydrogen) atoms. The first-order chi connectivity index (χ1) is 17.0. The van der Waals surface area contributed by atoms with E-state index in [1.807, 2.05) is 80.6 Å². The van der Waals surface area contributed by atoms with Gasteiger partial charge in [-0.15, -0.1) is 22.7 Å².